The van der Waals surface area contributed by atoms with Crippen LogP contribution in [0.5, 0.6) is 11.5 Å². The number of non-ortho nitro benzene ring substituents is 1. The molecule has 2 aliphatic rings. The second-order valence-electron chi connectivity index (χ2n) is 6.51. The Bertz CT molecular complexity index is 1030. The average Bonchev–Trinajstić information content (AvgIpc) is 3.05. The SMILES string of the molecule is CC(O)=CCC1=NN=C(c2ccc([N+](=O)[O-])cc2)c2cc3c(cc2C1)OCO3. The molecule has 2 aromatic carbocycles. The molecule has 4 rings (SSSR count). The Kier molecular flexibility index (Phi) is 4.52. The minimum absolute atomic E-state index is 0.0108. The van der Waals surface area contributed by atoms with Gasteiger partial charge in [0.05, 0.1) is 10.7 Å². The lowest BCUT2D eigenvalue weighted by Gasteiger charge is -2.11. The van der Waals surface area contributed by atoms with Gasteiger partial charge in [-0.25, -0.2) is 0 Å². The second-order valence-corrected chi connectivity index (χ2v) is 6.51. The number of ether oxygens (including phenoxy) is 2. The maximum absolute atomic E-state index is 10.9. The molecule has 0 aliphatic carbocycles. The summed E-state index contributed by atoms with van der Waals surface area (Å²) in [5.74, 6) is 1.51. The van der Waals surface area contributed by atoms with E-state index < -0.39 is 4.92 Å². The number of fused-ring (bicyclic) bond motifs is 2. The zero-order chi connectivity index (χ0) is 19.7. The molecule has 2 aliphatic heterocycles. The lowest BCUT2D eigenvalue weighted by Crippen LogP contribution is -2.07. The van der Waals surface area contributed by atoms with E-state index in [4.69, 9.17) is 9.47 Å². The van der Waals surface area contributed by atoms with Crippen LogP contribution >= 0.6 is 0 Å². The van der Waals surface area contributed by atoms with E-state index in [-0.39, 0.29) is 18.2 Å². The number of rotatable bonds is 4. The summed E-state index contributed by atoms with van der Waals surface area (Å²) in [4.78, 5) is 10.5. The van der Waals surface area contributed by atoms with Gasteiger partial charge in [0.2, 0.25) is 6.79 Å². The van der Waals surface area contributed by atoms with Crippen LogP contribution in [-0.4, -0.2) is 28.2 Å². The number of aliphatic hydroxyl groups excluding tert-OH is 1. The van der Waals surface area contributed by atoms with Crippen LogP contribution in [0.2, 0.25) is 0 Å². The van der Waals surface area contributed by atoms with Gasteiger partial charge in [0, 0.05) is 41.8 Å². The van der Waals surface area contributed by atoms with Crippen LogP contribution in [0.4, 0.5) is 5.69 Å². The molecule has 0 spiro atoms. The fourth-order valence-electron chi connectivity index (χ4n) is 3.11. The van der Waals surface area contributed by atoms with Crippen LogP contribution < -0.4 is 9.47 Å². The zero-order valence-electron chi connectivity index (χ0n) is 15.1. The van der Waals surface area contributed by atoms with Crippen LogP contribution in [0.15, 0.2) is 58.4 Å². The smallest absolute Gasteiger partial charge is 0.269 e. The van der Waals surface area contributed by atoms with Gasteiger partial charge in [-0.05, 0) is 42.8 Å². The minimum Gasteiger partial charge on any atom is -0.513 e. The molecule has 28 heavy (non-hydrogen) atoms. The monoisotopic (exact) mass is 379 g/mol. The molecule has 0 unspecified atom stereocenters. The van der Waals surface area contributed by atoms with E-state index in [1.165, 1.54) is 12.1 Å². The minimum atomic E-state index is -0.440. The highest BCUT2D eigenvalue weighted by molar-refractivity contribution is 6.15. The summed E-state index contributed by atoms with van der Waals surface area (Å²) in [5, 5.41) is 29.2. The van der Waals surface area contributed by atoms with Crippen molar-refractivity contribution >= 4 is 17.1 Å². The third-order valence-corrected chi connectivity index (χ3v) is 4.52. The molecular formula is C20H17N3O5. The summed E-state index contributed by atoms with van der Waals surface area (Å²) in [6.45, 7) is 1.77. The standard InChI is InChI=1S/C20H17N3O5/c1-12(24)2-5-15-8-14-9-18-19(28-11-27-18)10-17(14)20(22-21-15)13-3-6-16(7-4-13)23(25)26/h2-4,6-7,9-10,24H,5,8,11H2,1H3. The van der Waals surface area contributed by atoms with Crippen LogP contribution in [-0.2, 0) is 6.42 Å². The van der Waals surface area contributed by atoms with Crippen molar-refractivity contribution in [1.29, 1.82) is 0 Å². The van der Waals surface area contributed by atoms with Gasteiger partial charge < -0.3 is 14.6 Å². The molecule has 0 aromatic heterocycles. The largest absolute Gasteiger partial charge is 0.513 e. The molecule has 2 aromatic rings. The summed E-state index contributed by atoms with van der Waals surface area (Å²) in [6.07, 6.45) is 2.68. The van der Waals surface area contributed by atoms with Gasteiger partial charge in [0.15, 0.2) is 11.5 Å². The summed E-state index contributed by atoms with van der Waals surface area (Å²) >= 11 is 0. The predicted octanol–water partition coefficient (Wildman–Crippen LogP) is 3.92. The number of benzene rings is 2. The molecule has 0 radical (unpaired) electrons. The van der Waals surface area contributed by atoms with E-state index >= 15 is 0 Å². The lowest BCUT2D eigenvalue weighted by molar-refractivity contribution is -0.384. The zero-order valence-corrected chi connectivity index (χ0v) is 15.1. The van der Waals surface area contributed by atoms with Crippen molar-refractivity contribution in [3.8, 4) is 11.5 Å². The maximum Gasteiger partial charge on any atom is 0.269 e. The highest BCUT2D eigenvalue weighted by Crippen LogP contribution is 2.37. The average molecular weight is 379 g/mol. The van der Waals surface area contributed by atoms with Crippen molar-refractivity contribution in [2.45, 2.75) is 19.8 Å². The fraction of sp³-hybridized carbons (Fsp3) is 0.200. The molecule has 2 heterocycles. The van der Waals surface area contributed by atoms with Gasteiger partial charge in [0.25, 0.3) is 5.69 Å². The summed E-state index contributed by atoms with van der Waals surface area (Å²) in [5.41, 5.74) is 3.90. The first-order valence-electron chi connectivity index (χ1n) is 8.68. The van der Waals surface area contributed by atoms with Gasteiger partial charge >= 0.3 is 0 Å². The first-order chi connectivity index (χ1) is 13.5. The van der Waals surface area contributed by atoms with Gasteiger partial charge in [-0.15, -0.1) is 5.10 Å². The molecule has 8 heteroatoms. The summed E-state index contributed by atoms with van der Waals surface area (Å²) in [6, 6.07) is 9.97. The third-order valence-electron chi connectivity index (χ3n) is 4.52. The van der Waals surface area contributed by atoms with Crippen molar-refractivity contribution in [2.24, 2.45) is 10.2 Å². The molecule has 0 saturated heterocycles. The third kappa shape index (κ3) is 3.44. The van der Waals surface area contributed by atoms with E-state index in [0.29, 0.717) is 35.6 Å². The van der Waals surface area contributed by atoms with Crippen molar-refractivity contribution in [1.82, 2.24) is 0 Å². The van der Waals surface area contributed by atoms with E-state index in [1.807, 2.05) is 12.1 Å². The quantitative estimate of drug-likeness (QED) is 0.492. The second kappa shape index (κ2) is 7.15. The Morgan fingerprint density at radius 1 is 1.21 bits per heavy atom. The van der Waals surface area contributed by atoms with Gasteiger partial charge in [-0.2, -0.15) is 5.10 Å². The Balaban J connectivity index is 1.81. The number of hydrogen-bond acceptors (Lipinski definition) is 7. The lowest BCUT2D eigenvalue weighted by atomic mass is 9.93. The first-order valence-corrected chi connectivity index (χ1v) is 8.68. The maximum atomic E-state index is 10.9. The van der Waals surface area contributed by atoms with E-state index in [1.54, 1.807) is 25.1 Å². The number of hydrogen-bond donors (Lipinski definition) is 1. The van der Waals surface area contributed by atoms with Crippen molar-refractivity contribution < 1.29 is 19.5 Å². The molecule has 0 amide bonds. The molecular weight excluding hydrogens is 362 g/mol. The van der Waals surface area contributed by atoms with Crippen molar-refractivity contribution in [2.75, 3.05) is 6.79 Å². The number of aliphatic hydroxyl groups is 1. The Morgan fingerprint density at radius 2 is 1.93 bits per heavy atom. The first kappa shape index (κ1) is 17.7. The Hall–Kier alpha value is -3.68. The van der Waals surface area contributed by atoms with E-state index in [0.717, 1.165) is 16.8 Å². The van der Waals surface area contributed by atoms with Crippen LogP contribution in [0.3, 0.4) is 0 Å². The normalized spacial score (nSPS) is 15.4. The fourth-order valence-corrected chi connectivity index (χ4v) is 3.11. The molecule has 1 N–H and O–H groups in total. The topological polar surface area (TPSA) is 107 Å². The van der Waals surface area contributed by atoms with Crippen LogP contribution in [0.25, 0.3) is 0 Å². The highest BCUT2D eigenvalue weighted by Gasteiger charge is 2.23. The van der Waals surface area contributed by atoms with Gasteiger partial charge in [-0.1, -0.05) is 0 Å². The Morgan fingerprint density at radius 3 is 2.61 bits per heavy atom. The van der Waals surface area contributed by atoms with Crippen molar-refractivity contribution in [3.63, 3.8) is 0 Å². The molecule has 0 bridgehead atoms. The molecule has 0 fully saturated rings. The molecule has 142 valence electrons. The van der Waals surface area contributed by atoms with Crippen LogP contribution in [0, 0.1) is 10.1 Å². The molecule has 0 atom stereocenters. The number of allylic oxidation sites excluding steroid dienone is 2. The van der Waals surface area contributed by atoms with Gasteiger partial charge in [0.1, 0.15) is 5.71 Å². The van der Waals surface area contributed by atoms with Gasteiger partial charge in [-0.3, -0.25) is 10.1 Å². The number of nitro groups is 1. The van der Waals surface area contributed by atoms with E-state index in [2.05, 4.69) is 10.2 Å². The van der Waals surface area contributed by atoms with E-state index in [9.17, 15) is 15.2 Å². The number of nitrogens with zero attached hydrogens (tertiary/aromatic N) is 3. The van der Waals surface area contributed by atoms with Crippen molar-refractivity contribution in [3.05, 3.63) is 75.0 Å². The molecule has 8 nitrogen and oxygen atoms in total. The van der Waals surface area contributed by atoms with Crippen LogP contribution in [0.1, 0.15) is 30.0 Å². The number of nitro benzene ring substituents is 1. The summed E-state index contributed by atoms with van der Waals surface area (Å²) < 4.78 is 11.0. The highest BCUT2D eigenvalue weighted by atomic mass is 16.7. The predicted molar refractivity (Wildman–Crippen MR) is 103 cm³/mol. The Labute approximate surface area is 160 Å². The summed E-state index contributed by atoms with van der Waals surface area (Å²) in [7, 11) is 0. The molecule has 0 saturated carbocycles.